The molecule has 0 saturated heterocycles. The third-order valence-electron chi connectivity index (χ3n) is 2.19. The molecule has 0 aliphatic rings. The molecule has 0 spiro atoms. The lowest BCUT2D eigenvalue weighted by molar-refractivity contribution is -0.130. The molecule has 0 radical (unpaired) electrons. The van der Waals surface area contributed by atoms with Crippen molar-refractivity contribution in [2.75, 3.05) is 0 Å². The van der Waals surface area contributed by atoms with E-state index in [1.165, 1.54) is 0 Å². The van der Waals surface area contributed by atoms with Crippen molar-refractivity contribution in [2.45, 2.75) is 20.4 Å². The third-order valence-corrected chi connectivity index (χ3v) is 2.19. The van der Waals surface area contributed by atoms with Gasteiger partial charge in [-0.1, -0.05) is 0 Å². The highest BCUT2D eigenvalue weighted by atomic mass is 16.2. The zero-order valence-electron chi connectivity index (χ0n) is 9.11. The Morgan fingerprint density at radius 3 is 2.69 bits per heavy atom. The molecule has 0 fully saturated rings. The van der Waals surface area contributed by atoms with E-state index < -0.39 is 16.9 Å². The molecule has 1 heterocycles. The predicted octanol–water partition coefficient (Wildman–Crippen LogP) is -1.45. The second-order valence-electron chi connectivity index (χ2n) is 4.09. The third kappa shape index (κ3) is 2.57. The molecule has 7 nitrogen and oxygen atoms in total. The largest absolute Gasteiger partial charge is 0.294 e. The van der Waals surface area contributed by atoms with Gasteiger partial charge in [0.1, 0.15) is 0 Å². The lowest BCUT2D eigenvalue weighted by Crippen LogP contribution is -2.45. The molecule has 4 N–H and O–H groups in total. The first-order valence-electron chi connectivity index (χ1n) is 4.68. The summed E-state index contributed by atoms with van der Waals surface area (Å²) in [5.41, 5.74) is 0.350. The number of rotatable bonds is 3. The minimum Gasteiger partial charge on any atom is -0.294 e. The van der Waals surface area contributed by atoms with Crippen LogP contribution in [0.4, 0.5) is 0 Å². The summed E-state index contributed by atoms with van der Waals surface area (Å²) in [5.74, 6) is 4.61. The van der Waals surface area contributed by atoms with Crippen molar-refractivity contribution in [2.24, 2.45) is 11.3 Å². The minimum atomic E-state index is -0.886. The first kappa shape index (κ1) is 12.2. The van der Waals surface area contributed by atoms with Crippen molar-refractivity contribution in [1.29, 1.82) is 0 Å². The zero-order valence-corrected chi connectivity index (χ0v) is 9.11. The van der Waals surface area contributed by atoms with Crippen LogP contribution in [0, 0.1) is 5.41 Å². The Balaban J connectivity index is 3.05. The van der Waals surface area contributed by atoms with E-state index in [1.807, 2.05) is 5.43 Å². The number of nitrogens with one attached hydrogen (secondary N) is 2. The van der Waals surface area contributed by atoms with Crippen molar-refractivity contribution in [3.8, 4) is 0 Å². The fraction of sp³-hybridized carbons (Fsp3) is 0.444. The maximum absolute atomic E-state index is 11.4. The Bertz CT molecular complexity index is 500. The van der Waals surface area contributed by atoms with Crippen LogP contribution >= 0.6 is 0 Å². The van der Waals surface area contributed by atoms with E-state index in [2.05, 4.69) is 5.10 Å². The fourth-order valence-corrected chi connectivity index (χ4v) is 1.24. The van der Waals surface area contributed by atoms with Gasteiger partial charge in [-0.25, -0.2) is 10.5 Å². The average molecular weight is 226 g/mol. The molecule has 1 aromatic heterocycles. The van der Waals surface area contributed by atoms with E-state index in [-0.39, 0.29) is 12.1 Å². The Hall–Kier alpha value is -1.89. The summed E-state index contributed by atoms with van der Waals surface area (Å²) < 4.78 is 1.08. The predicted molar refractivity (Wildman–Crippen MR) is 57.4 cm³/mol. The molecule has 0 aliphatic heterocycles. The molecule has 0 saturated carbocycles. The highest BCUT2D eigenvalue weighted by molar-refractivity contribution is 5.81. The van der Waals surface area contributed by atoms with E-state index in [4.69, 9.17) is 5.84 Å². The molecule has 16 heavy (non-hydrogen) atoms. The molecular weight excluding hydrogens is 212 g/mol. The summed E-state index contributed by atoms with van der Waals surface area (Å²) in [7, 11) is 0. The number of aromatic amines is 1. The monoisotopic (exact) mass is 226 g/mol. The van der Waals surface area contributed by atoms with Gasteiger partial charge in [-0.2, -0.15) is 0 Å². The van der Waals surface area contributed by atoms with Crippen LogP contribution in [0.2, 0.25) is 0 Å². The zero-order chi connectivity index (χ0) is 12.3. The molecular formula is C9H14N4O3. The molecule has 0 bridgehead atoms. The molecule has 1 aromatic rings. The van der Waals surface area contributed by atoms with Gasteiger partial charge >= 0.3 is 0 Å². The van der Waals surface area contributed by atoms with Crippen LogP contribution in [0.25, 0.3) is 0 Å². The Kier molecular flexibility index (Phi) is 3.28. The number of nitrogens with two attached hydrogens (primary N) is 1. The average Bonchev–Trinajstić information content (AvgIpc) is 2.22. The van der Waals surface area contributed by atoms with E-state index in [0.29, 0.717) is 0 Å². The standard InChI is InChI=1S/C9H14N4O3/c1-9(2,8(16)11-10)5-13-7(15)4-3-6(14)12-13/h3-4H,5,10H2,1-2H3,(H,11,16)(H,12,14). The van der Waals surface area contributed by atoms with Gasteiger partial charge < -0.3 is 0 Å². The Labute approximate surface area is 91.2 Å². The van der Waals surface area contributed by atoms with Crippen LogP contribution in [0.15, 0.2) is 21.7 Å². The van der Waals surface area contributed by atoms with Crippen LogP contribution in [-0.4, -0.2) is 15.7 Å². The SMILES string of the molecule is CC(C)(Cn1[nH]c(=O)ccc1=O)C(=O)NN. The van der Waals surface area contributed by atoms with Crippen molar-refractivity contribution in [3.63, 3.8) is 0 Å². The molecule has 0 unspecified atom stereocenters. The highest BCUT2D eigenvalue weighted by Gasteiger charge is 2.28. The summed E-state index contributed by atoms with van der Waals surface area (Å²) in [5, 5.41) is 2.34. The van der Waals surface area contributed by atoms with E-state index in [0.717, 1.165) is 16.8 Å². The van der Waals surface area contributed by atoms with E-state index in [9.17, 15) is 14.4 Å². The van der Waals surface area contributed by atoms with Gasteiger partial charge in [-0.05, 0) is 13.8 Å². The van der Waals surface area contributed by atoms with Crippen LogP contribution < -0.4 is 22.4 Å². The van der Waals surface area contributed by atoms with Gasteiger partial charge in [0.15, 0.2) is 0 Å². The molecule has 0 aliphatic carbocycles. The number of hydrogen-bond acceptors (Lipinski definition) is 4. The summed E-state index contributed by atoms with van der Waals surface area (Å²) in [6.45, 7) is 3.28. The first-order valence-corrected chi connectivity index (χ1v) is 4.68. The van der Waals surface area contributed by atoms with Crippen molar-refractivity contribution in [1.82, 2.24) is 15.2 Å². The molecule has 1 rings (SSSR count). The summed E-state index contributed by atoms with van der Waals surface area (Å²) in [4.78, 5) is 33.8. The van der Waals surface area contributed by atoms with Crippen LogP contribution in [-0.2, 0) is 11.3 Å². The van der Waals surface area contributed by atoms with Gasteiger partial charge in [0.05, 0.1) is 12.0 Å². The molecule has 0 aromatic carbocycles. The first-order chi connectivity index (χ1) is 7.36. The minimum absolute atomic E-state index is 0.0466. The molecule has 7 heteroatoms. The van der Waals surface area contributed by atoms with Gasteiger partial charge in [-0.15, -0.1) is 0 Å². The number of hydrogen-bond donors (Lipinski definition) is 3. The number of H-pyrrole nitrogens is 1. The van der Waals surface area contributed by atoms with Crippen LogP contribution in [0.3, 0.4) is 0 Å². The Morgan fingerprint density at radius 1 is 1.50 bits per heavy atom. The van der Waals surface area contributed by atoms with E-state index >= 15 is 0 Å². The lowest BCUT2D eigenvalue weighted by atomic mass is 9.93. The maximum atomic E-state index is 11.4. The molecule has 88 valence electrons. The van der Waals surface area contributed by atoms with Crippen molar-refractivity contribution >= 4 is 5.91 Å². The van der Waals surface area contributed by atoms with Gasteiger partial charge in [-0.3, -0.25) is 24.9 Å². The van der Waals surface area contributed by atoms with Crippen LogP contribution in [0.1, 0.15) is 13.8 Å². The van der Waals surface area contributed by atoms with Gasteiger partial charge in [0.2, 0.25) is 5.91 Å². The molecule has 0 atom stereocenters. The molecule has 1 amide bonds. The summed E-state index contributed by atoms with van der Waals surface area (Å²) in [6.07, 6.45) is 0. The van der Waals surface area contributed by atoms with Gasteiger partial charge in [0, 0.05) is 12.1 Å². The second-order valence-corrected chi connectivity index (χ2v) is 4.09. The quantitative estimate of drug-likeness (QED) is 0.333. The number of hydrazine groups is 1. The smallest absolute Gasteiger partial charge is 0.265 e. The normalized spacial score (nSPS) is 11.2. The highest BCUT2D eigenvalue weighted by Crippen LogP contribution is 2.15. The second kappa shape index (κ2) is 4.31. The summed E-state index contributed by atoms with van der Waals surface area (Å²) in [6, 6.07) is 2.28. The lowest BCUT2D eigenvalue weighted by Gasteiger charge is -2.22. The van der Waals surface area contributed by atoms with Crippen molar-refractivity contribution < 1.29 is 4.79 Å². The number of carbonyl (C=O) groups is 1. The summed E-state index contributed by atoms with van der Waals surface area (Å²) >= 11 is 0. The van der Waals surface area contributed by atoms with Crippen molar-refractivity contribution in [3.05, 3.63) is 32.8 Å². The maximum Gasteiger partial charge on any atom is 0.265 e. The topological polar surface area (TPSA) is 110 Å². The van der Waals surface area contributed by atoms with Gasteiger partial charge in [0.25, 0.3) is 11.1 Å². The number of carbonyl (C=O) groups excluding carboxylic acids is 1. The number of nitrogens with zero attached hydrogens (tertiary/aromatic N) is 1. The van der Waals surface area contributed by atoms with Crippen LogP contribution in [0.5, 0.6) is 0 Å². The Morgan fingerprint density at radius 2 is 2.12 bits per heavy atom. The number of aromatic nitrogens is 2. The number of amides is 1. The van der Waals surface area contributed by atoms with E-state index in [1.54, 1.807) is 13.8 Å². The fourth-order valence-electron chi connectivity index (χ4n) is 1.24.